The second-order valence-corrected chi connectivity index (χ2v) is 1.04. The van der Waals surface area contributed by atoms with Crippen molar-refractivity contribution in [3.05, 3.63) is 12.2 Å². The summed E-state index contributed by atoms with van der Waals surface area (Å²) in [5.74, 6) is 0. The third-order valence-corrected chi connectivity index (χ3v) is 0.579. The van der Waals surface area contributed by atoms with Crippen LogP contribution < -0.4 is 0 Å². The van der Waals surface area contributed by atoms with Crippen molar-refractivity contribution in [2.45, 2.75) is 0 Å². The first-order valence-electron chi connectivity index (χ1n) is 1.89. The molecule has 0 spiro atoms. The Labute approximate surface area is 36.3 Å². The molecular weight excluding hydrogens is 80.0 g/mol. The second-order valence-electron chi connectivity index (χ2n) is 1.04. The van der Waals surface area contributed by atoms with Crippen molar-refractivity contribution >= 4 is 0 Å². The fourth-order valence-electron chi connectivity index (χ4n) is 0.311. The minimum Gasteiger partial charge on any atom is -0.232 e. The third kappa shape index (κ3) is 0.808. The first kappa shape index (κ1) is 3.84. The van der Waals surface area contributed by atoms with Crippen molar-refractivity contribution in [2.24, 2.45) is 0 Å². The molecule has 1 aliphatic heterocycles. The Balaban J connectivity index is 2.26. The van der Waals surface area contributed by atoms with Gasteiger partial charge in [0.15, 0.2) is 0 Å². The Kier molecular flexibility index (Phi) is 1.25. The van der Waals surface area contributed by atoms with E-state index in [1.165, 1.54) is 0 Å². The number of hydrogen-bond donors (Lipinski definition) is 0. The van der Waals surface area contributed by atoms with Gasteiger partial charge in [-0.15, -0.1) is 0 Å². The highest BCUT2D eigenvalue weighted by Gasteiger charge is 1.86. The van der Waals surface area contributed by atoms with Gasteiger partial charge >= 0.3 is 0 Å². The van der Waals surface area contributed by atoms with Crippen LogP contribution in [0.5, 0.6) is 0 Å². The quantitative estimate of drug-likeness (QED) is 0.316. The monoisotopic (exact) mass is 86.0 g/mol. The molecule has 0 aromatic heterocycles. The Morgan fingerprint density at radius 1 is 1.00 bits per heavy atom. The molecule has 0 N–H and O–H groups in total. The van der Waals surface area contributed by atoms with Crippen LogP contribution in [0.2, 0.25) is 0 Å². The van der Waals surface area contributed by atoms with Gasteiger partial charge in [0.1, 0.15) is 13.2 Å². The van der Waals surface area contributed by atoms with Crippen LogP contribution in [0.25, 0.3) is 0 Å². The van der Waals surface area contributed by atoms with Gasteiger partial charge < -0.3 is 0 Å². The Morgan fingerprint density at radius 3 is 1.67 bits per heavy atom. The predicted octanol–water partition coefficient (Wildman–Crippen LogP) is 0.504. The number of rotatable bonds is 0. The standard InChI is InChI=1S/C4H6O2/c1-2-4-6-5-3-1/h1-2H,3-4H2. The molecule has 0 saturated carbocycles. The maximum atomic E-state index is 4.48. The minimum atomic E-state index is 0.597. The zero-order chi connectivity index (χ0) is 4.24. The first-order valence-corrected chi connectivity index (χ1v) is 1.89. The lowest BCUT2D eigenvalue weighted by Crippen LogP contribution is -1.99. The van der Waals surface area contributed by atoms with Gasteiger partial charge in [0.05, 0.1) is 0 Å². The van der Waals surface area contributed by atoms with E-state index in [2.05, 4.69) is 9.78 Å². The fraction of sp³-hybridized carbons (Fsp3) is 0.500. The maximum absolute atomic E-state index is 4.48. The van der Waals surface area contributed by atoms with Gasteiger partial charge in [-0.05, 0) is 0 Å². The molecule has 0 amide bonds. The highest BCUT2D eigenvalue weighted by atomic mass is 17.2. The maximum Gasteiger partial charge on any atom is 0.100 e. The van der Waals surface area contributed by atoms with Crippen LogP contribution in [-0.2, 0) is 9.78 Å². The average Bonchev–Trinajstić information content (AvgIpc) is 1.72. The second kappa shape index (κ2) is 1.95. The smallest absolute Gasteiger partial charge is 0.100 e. The Hall–Kier alpha value is -0.340. The summed E-state index contributed by atoms with van der Waals surface area (Å²) in [6.07, 6.45) is 3.84. The molecule has 0 fully saturated rings. The van der Waals surface area contributed by atoms with E-state index in [0.29, 0.717) is 13.2 Å². The largest absolute Gasteiger partial charge is 0.232 e. The van der Waals surface area contributed by atoms with Gasteiger partial charge in [0.25, 0.3) is 0 Å². The van der Waals surface area contributed by atoms with Gasteiger partial charge in [-0.3, -0.25) is 0 Å². The summed E-state index contributed by atoms with van der Waals surface area (Å²) in [7, 11) is 0. The summed E-state index contributed by atoms with van der Waals surface area (Å²) < 4.78 is 0. The zero-order valence-corrected chi connectivity index (χ0v) is 3.39. The van der Waals surface area contributed by atoms with Gasteiger partial charge in [-0.1, -0.05) is 12.2 Å². The van der Waals surface area contributed by atoms with Crippen LogP contribution >= 0.6 is 0 Å². The summed E-state index contributed by atoms with van der Waals surface area (Å²) in [6.45, 7) is 1.19. The molecule has 0 aromatic rings. The molecule has 0 unspecified atom stereocenters. The lowest BCUT2D eigenvalue weighted by molar-refractivity contribution is -0.283. The highest BCUT2D eigenvalue weighted by Crippen LogP contribution is 1.87. The van der Waals surface area contributed by atoms with Crippen LogP contribution in [0.3, 0.4) is 0 Å². The van der Waals surface area contributed by atoms with Crippen molar-refractivity contribution in [2.75, 3.05) is 13.2 Å². The topological polar surface area (TPSA) is 18.5 Å². The third-order valence-electron chi connectivity index (χ3n) is 0.579. The summed E-state index contributed by atoms with van der Waals surface area (Å²) in [5, 5.41) is 0. The van der Waals surface area contributed by atoms with Crippen molar-refractivity contribution in [3.63, 3.8) is 0 Å². The summed E-state index contributed by atoms with van der Waals surface area (Å²) in [6, 6.07) is 0. The molecule has 0 aromatic carbocycles. The lowest BCUT2D eigenvalue weighted by Gasteiger charge is -2.00. The minimum absolute atomic E-state index is 0.597. The molecule has 0 aliphatic carbocycles. The number of hydrogen-bond acceptors (Lipinski definition) is 2. The van der Waals surface area contributed by atoms with Gasteiger partial charge in [0, 0.05) is 0 Å². The Morgan fingerprint density at radius 2 is 1.50 bits per heavy atom. The van der Waals surface area contributed by atoms with Gasteiger partial charge in [-0.2, -0.15) is 0 Å². The van der Waals surface area contributed by atoms with E-state index in [1.807, 2.05) is 12.2 Å². The van der Waals surface area contributed by atoms with Crippen LogP contribution in [-0.4, -0.2) is 13.2 Å². The summed E-state index contributed by atoms with van der Waals surface area (Å²) >= 11 is 0. The van der Waals surface area contributed by atoms with E-state index in [0.717, 1.165) is 0 Å². The molecule has 2 nitrogen and oxygen atoms in total. The molecule has 0 atom stereocenters. The van der Waals surface area contributed by atoms with Gasteiger partial charge in [-0.25, -0.2) is 9.78 Å². The van der Waals surface area contributed by atoms with E-state index >= 15 is 0 Å². The van der Waals surface area contributed by atoms with E-state index in [1.54, 1.807) is 0 Å². The molecule has 34 valence electrons. The van der Waals surface area contributed by atoms with E-state index < -0.39 is 0 Å². The first-order chi connectivity index (χ1) is 3.00. The molecule has 1 aliphatic rings. The van der Waals surface area contributed by atoms with Gasteiger partial charge in [0.2, 0.25) is 0 Å². The highest BCUT2D eigenvalue weighted by molar-refractivity contribution is 4.81. The van der Waals surface area contributed by atoms with Crippen molar-refractivity contribution in [1.29, 1.82) is 0 Å². The molecule has 6 heavy (non-hydrogen) atoms. The van der Waals surface area contributed by atoms with Crippen LogP contribution in [0.4, 0.5) is 0 Å². The molecule has 0 radical (unpaired) electrons. The predicted molar refractivity (Wildman–Crippen MR) is 21.0 cm³/mol. The SMILES string of the molecule is C1=CCOOC1. The fourth-order valence-corrected chi connectivity index (χ4v) is 0.311. The zero-order valence-electron chi connectivity index (χ0n) is 3.39. The lowest BCUT2D eigenvalue weighted by atomic mass is 10.5. The van der Waals surface area contributed by atoms with Crippen LogP contribution in [0, 0.1) is 0 Å². The molecule has 2 heteroatoms. The van der Waals surface area contributed by atoms with Crippen molar-refractivity contribution < 1.29 is 9.78 Å². The molecule has 1 rings (SSSR count). The van der Waals surface area contributed by atoms with E-state index in [9.17, 15) is 0 Å². The molecular formula is C4H6O2. The molecule has 0 bridgehead atoms. The van der Waals surface area contributed by atoms with E-state index in [-0.39, 0.29) is 0 Å². The van der Waals surface area contributed by atoms with Crippen LogP contribution in [0.1, 0.15) is 0 Å². The summed E-state index contributed by atoms with van der Waals surface area (Å²) in [4.78, 5) is 8.97. The molecule has 1 heterocycles. The molecule has 0 saturated heterocycles. The normalized spacial score (nSPS) is 21.3. The van der Waals surface area contributed by atoms with Crippen LogP contribution in [0.15, 0.2) is 12.2 Å². The van der Waals surface area contributed by atoms with Crippen molar-refractivity contribution in [3.8, 4) is 0 Å². The average molecular weight is 86.1 g/mol. The Bertz CT molecular complexity index is 50.6. The summed E-state index contributed by atoms with van der Waals surface area (Å²) in [5.41, 5.74) is 0. The van der Waals surface area contributed by atoms with E-state index in [4.69, 9.17) is 0 Å². The van der Waals surface area contributed by atoms with Crippen molar-refractivity contribution in [1.82, 2.24) is 0 Å².